The van der Waals surface area contributed by atoms with Gasteiger partial charge in [-0.05, 0) is 30.5 Å². The second kappa shape index (κ2) is 7.78. The highest BCUT2D eigenvalue weighted by Crippen LogP contribution is 2.09. The summed E-state index contributed by atoms with van der Waals surface area (Å²) < 4.78 is 0. The topological polar surface area (TPSA) is 24.4 Å². The molecule has 2 aromatic rings. The van der Waals surface area contributed by atoms with Crippen LogP contribution in [0.25, 0.3) is 0 Å². The van der Waals surface area contributed by atoms with E-state index in [4.69, 9.17) is 23.8 Å². The lowest BCUT2D eigenvalue weighted by molar-refractivity contribution is 1.00. The van der Waals surface area contributed by atoms with E-state index < -0.39 is 0 Å². The fourth-order valence-corrected chi connectivity index (χ4v) is 2.03. The Morgan fingerprint density at radius 3 is 2.50 bits per heavy atom. The maximum atomic E-state index is 5.83. The molecule has 0 saturated heterocycles. The summed E-state index contributed by atoms with van der Waals surface area (Å²) in [5, 5.41) is 4.83. The Labute approximate surface area is 129 Å². The Morgan fingerprint density at radius 1 is 1.10 bits per heavy atom. The van der Waals surface area contributed by atoms with Crippen molar-refractivity contribution in [3.05, 3.63) is 70.7 Å². The molecule has 1 N–H and O–H groups in total. The van der Waals surface area contributed by atoms with Crippen LogP contribution < -0.4 is 5.43 Å². The summed E-state index contributed by atoms with van der Waals surface area (Å²) in [6, 6.07) is 17.7. The molecule has 0 spiro atoms. The van der Waals surface area contributed by atoms with Gasteiger partial charge in [0.1, 0.15) is 4.99 Å². The van der Waals surface area contributed by atoms with Gasteiger partial charge in [0.25, 0.3) is 0 Å². The SMILES string of the molecule is S=C(N/N=C/CCc1ccccc1)c1ccc(Cl)cc1. The standard InChI is InChI=1S/C16H15ClN2S/c17-15-10-8-14(9-11-15)16(20)19-18-12-4-7-13-5-2-1-3-6-13/h1-3,5-6,8-12H,4,7H2,(H,19,20)/b18-12+. The Morgan fingerprint density at radius 2 is 1.80 bits per heavy atom. The van der Waals surface area contributed by atoms with Crippen molar-refractivity contribution in [1.29, 1.82) is 0 Å². The second-order valence-electron chi connectivity index (χ2n) is 4.28. The lowest BCUT2D eigenvalue weighted by Crippen LogP contribution is -2.16. The summed E-state index contributed by atoms with van der Waals surface area (Å²) in [4.78, 5) is 0.595. The van der Waals surface area contributed by atoms with Crippen LogP contribution in [0.15, 0.2) is 59.7 Å². The summed E-state index contributed by atoms with van der Waals surface area (Å²) in [5.74, 6) is 0. The number of halogens is 1. The average molecular weight is 303 g/mol. The van der Waals surface area contributed by atoms with E-state index in [0.29, 0.717) is 10.0 Å². The second-order valence-corrected chi connectivity index (χ2v) is 5.13. The van der Waals surface area contributed by atoms with Gasteiger partial charge in [-0.25, -0.2) is 0 Å². The van der Waals surface area contributed by atoms with E-state index in [1.807, 2.05) is 48.7 Å². The minimum absolute atomic E-state index is 0.595. The van der Waals surface area contributed by atoms with Crippen molar-refractivity contribution in [3.8, 4) is 0 Å². The third-order valence-corrected chi connectivity index (χ3v) is 3.35. The molecule has 0 bridgehead atoms. The molecule has 0 unspecified atom stereocenters. The van der Waals surface area contributed by atoms with Gasteiger partial charge in [-0.15, -0.1) is 0 Å². The van der Waals surface area contributed by atoms with Gasteiger partial charge in [0.2, 0.25) is 0 Å². The van der Waals surface area contributed by atoms with Crippen molar-refractivity contribution in [3.63, 3.8) is 0 Å². The zero-order chi connectivity index (χ0) is 14.2. The molecule has 0 aliphatic carbocycles. The summed E-state index contributed by atoms with van der Waals surface area (Å²) in [5.41, 5.74) is 5.07. The molecular formula is C16H15ClN2S. The molecule has 0 radical (unpaired) electrons. The highest BCUT2D eigenvalue weighted by atomic mass is 35.5. The first-order valence-corrected chi connectivity index (χ1v) is 7.15. The highest BCUT2D eigenvalue weighted by molar-refractivity contribution is 7.80. The van der Waals surface area contributed by atoms with Gasteiger partial charge in [-0.2, -0.15) is 5.10 Å². The summed E-state index contributed by atoms with van der Waals surface area (Å²) >= 11 is 11.1. The van der Waals surface area contributed by atoms with Crippen molar-refractivity contribution >= 4 is 35.0 Å². The van der Waals surface area contributed by atoms with E-state index in [9.17, 15) is 0 Å². The van der Waals surface area contributed by atoms with Crippen molar-refractivity contribution in [1.82, 2.24) is 5.43 Å². The lowest BCUT2D eigenvalue weighted by Gasteiger charge is -2.02. The molecule has 20 heavy (non-hydrogen) atoms. The molecule has 2 rings (SSSR count). The molecule has 0 aliphatic heterocycles. The number of benzene rings is 2. The average Bonchev–Trinajstić information content (AvgIpc) is 2.48. The number of rotatable bonds is 5. The maximum absolute atomic E-state index is 5.83. The van der Waals surface area contributed by atoms with E-state index in [0.717, 1.165) is 18.4 Å². The molecule has 0 aromatic heterocycles. The third-order valence-electron chi connectivity index (χ3n) is 2.77. The molecule has 102 valence electrons. The van der Waals surface area contributed by atoms with Gasteiger partial charge in [0.05, 0.1) is 0 Å². The lowest BCUT2D eigenvalue weighted by atomic mass is 10.1. The van der Waals surface area contributed by atoms with E-state index in [1.165, 1.54) is 5.56 Å². The minimum atomic E-state index is 0.595. The van der Waals surface area contributed by atoms with Crippen LogP contribution in [0.5, 0.6) is 0 Å². The van der Waals surface area contributed by atoms with Crippen LogP contribution in [0.2, 0.25) is 5.02 Å². The molecule has 0 saturated carbocycles. The number of hydrazone groups is 1. The van der Waals surface area contributed by atoms with E-state index >= 15 is 0 Å². The molecule has 0 fully saturated rings. The van der Waals surface area contributed by atoms with Gasteiger partial charge in [0.15, 0.2) is 0 Å². The van der Waals surface area contributed by atoms with Crippen LogP contribution in [0.1, 0.15) is 17.5 Å². The first-order chi connectivity index (χ1) is 9.75. The van der Waals surface area contributed by atoms with Gasteiger partial charge in [0, 0.05) is 16.8 Å². The number of hydrogen-bond donors (Lipinski definition) is 1. The van der Waals surface area contributed by atoms with Crippen LogP contribution >= 0.6 is 23.8 Å². The molecule has 2 nitrogen and oxygen atoms in total. The Kier molecular flexibility index (Phi) is 5.71. The van der Waals surface area contributed by atoms with Crippen LogP contribution in [-0.2, 0) is 6.42 Å². The third kappa shape index (κ3) is 4.76. The maximum Gasteiger partial charge on any atom is 0.126 e. The van der Waals surface area contributed by atoms with Crippen molar-refractivity contribution in [2.24, 2.45) is 5.10 Å². The molecule has 4 heteroatoms. The zero-order valence-corrected chi connectivity index (χ0v) is 12.5. The first kappa shape index (κ1) is 14.7. The van der Waals surface area contributed by atoms with Gasteiger partial charge in [-0.3, -0.25) is 5.43 Å². The minimum Gasteiger partial charge on any atom is -0.268 e. The first-order valence-electron chi connectivity index (χ1n) is 6.37. The number of hydrogen-bond acceptors (Lipinski definition) is 2. The summed E-state index contributed by atoms with van der Waals surface area (Å²) in [6.07, 6.45) is 3.69. The van der Waals surface area contributed by atoms with E-state index in [-0.39, 0.29) is 0 Å². The van der Waals surface area contributed by atoms with Crippen LogP contribution in [0.3, 0.4) is 0 Å². The monoisotopic (exact) mass is 302 g/mol. The molecule has 0 atom stereocenters. The normalized spacial score (nSPS) is 10.7. The van der Waals surface area contributed by atoms with Gasteiger partial charge in [-0.1, -0.05) is 66.3 Å². The van der Waals surface area contributed by atoms with Crippen LogP contribution in [-0.4, -0.2) is 11.2 Å². The zero-order valence-electron chi connectivity index (χ0n) is 10.9. The van der Waals surface area contributed by atoms with E-state index in [2.05, 4.69) is 22.7 Å². The number of nitrogens with zero attached hydrogens (tertiary/aromatic N) is 1. The highest BCUT2D eigenvalue weighted by Gasteiger charge is 1.98. The number of thiocarbonyl (C=S) groups is 1. The fraction of sp³-hybridized carbons (Fsp3) is 0.125. The van der Waals surface area contributed by atoms with Gasteiger partial charge >= 0.3 is 0 Å². The molecule has 2 aromatic carbocycles. The fourth-order valence-electron chi connectivity index (χ4n) is 1.71. The summed E-state index contributed by atoms with van der Waals surface area (Å²) in [7, 11) is 0. The molecular weight excluding hydrogens is 288 g/mol. The molecule has 0 aliphatic rings. The Balaban J connectivity index is 1.76. The summed E-state index contributed by atoms with van der Waals surface area (Å²) in [6.45, 7) is 0. The van der Waals surface area contributed by atoms with Crippen LogP contribution in [0, 0.1) is 0 Å². The van der Waals surface area contributed by atoms with E-state index in [1.54, 1.807) is 0 Å². The predicted molar refractivity (Wildman–Crippen MR) is 89.5 cm³/mol. The molecule has 0 amide bonds. The largest absolute Gasteiger partial charge is 0.268 e. The van der Waals surface area contributed by atoms with Crippen molar-refractivity contribution in [2.75, 3.05) is 0 Å². The quantitative estimate of drug-likeness (QED) is 0.508. The van der Waals surface area contributed by atoms with Crippen molar-refractivity contribution < 1.29 is 0 Å². The van der Waals surface area contributed by atoms with Crippen molar-refractivity contribution in [2.45, 2.75) is 12.8 Å². The number of nitrogens with one attached hydrogen (secondary N) is 1. The smallest absolute Gasteiger partial charge is 0.126 e. The molecule has 0 heterocycles. The predicted octanol–water partition coefficient (Wildman–Crippen LogP) is 4.22. The Bertz CT molecular complexity index is 579. The number of aryl methyl sites for hydroxylation is 1. The Hall–Kier alpha value is -1.71. The van der Waals surface area contributed by atoms with Gasteiger partial charge < -0.3 is 0 Å². The van der Waals surface area contributed by atoms with Crippen LogP contribution in [0.4, 0.5) is 0 Å².